The molecule has 1 aromatic rings. The zero-order chi connectivity index (χ0) is 13.2. The van der Waals surface area contributed by atoms with Crippen LogP contribution < -0.4 is 11.2 Å². The number of carboxylic acids is 1. The third-order valence-corrected chi connectivity index (χ3v) is 3.12. The molecule has 1 rings (SSSR count). The number of aliphatic carboxylic acids is 1. The smallest absolute Gasteiger partial charge is 0.328 e. The summed E-state index contributed by atoms with van der Waals surface area (Å²) in [6.45, 7) is -0.273. The van der Waals surface area contributed by atoms with Crippen molar-refractivity contribution in [2.45, 2.75) is 17.9 Å². The van der Waals surface area contributed by atoms with Gasteiger partial charge in [0.2, 0.25) is 0 Å². The van der Waals surface area contributed by atoms with Crippen LogP contribution in [-0.2, 0) is 20.4 Å². The largest absolute Gasteiger partial charge is 0.481 e. The molecule has 0 aliphatic heterocycles. The number of aryl methyl sites for hydroxylation is 1. The van der Waals surface area contributed by atoms with E-state index in [0.717, 1.165) is 4.57 Å². The summed E-state index contributed by atoms with van der Waals surface area (Å²) >= 11 is 0. The average Bonchev–Trinajstić information content (AvgIpc) is 2.13. The van der Waals surface area contributed by atoms with Crippen molar-refractivity contribution < 1.29 is 18.3 Å². The molecule has 0 unspecified atom stereocenters. The minimum absolute atomic E-state index is 0.273. The first-order chi connectivity index (χ1) is 7.71. The summed E-state index contributed by atoms with van der Waals surface area (Å²) in [5.41, 5.74) is -2.04. The van der Waals surface area contributed by atoms with Gasteiger partial charge in [-0.1, -0.05) is 0 Å². The number of nitrogens with one attached hydrogen (secondary N) is 1. The highest BCUT2D eigenvalue weighted by Gasteiger charge is 2.17. The van der Waals surface area contributed by atoms with E-state index in [4.69, 9.17) is 15.8 Å². The Kier molecular flexibility index (Phi) is 3.73. The van der Waals surface area contributed by atoms with E-state index in [0.29, 0.717) is 6.20 Å². The van der Waals surface area contributed by atoms with E-state index in [1.54, 1.807) is 4.98 Å². The number of nitrogens with zero attached hydrogens (tertiary/aromatic N) is 1. The molecule has 1 heterocycles. The molecule has 0 spiro atoms. The first-order valence-electron chi connectivity index (χ1n) is 4.22. The summed E-state index contributed by atoms with van der Waals surface area (Å²) in [6, 6.07) is 0. The van der Waals surface area contributed by atoms with Crippen molar-refractivity contribution in [3.05, 3.63) is 27.0 Å². The Morgan fingerprint density at radius 1 is 1.47 bits per heavy atom. The molecular weight excluding hydrogens is 276 g/mol. The van der Waals surface area contributed by atoms with Crippen LogP contribution in [0.4, 0.5) is 0 Å². The molecule has 10 heteroatoms. The van der Waals surface area contributed by atoms with E-state index in [1.807, 2.05) is 0 Å². The van der Waals surface area contributed by atoms with Gasteiger partial charge in [0.25, 0.3) is 14.6 Å². The summed E-state index contributed by atoms with van der Waals surface area (Å²) in [6.07, 6.45) is 0.320. The van der Waals surface area contributed by atoms with Gasteiger partial charge >= 0.3 is 11.7 Å². The maximum Gasteiger partial charge on any atom is 0.328 e. The van der Waals surface area contributed by atoms with Crippen molar-refractivity contribution in [2.24, 2.45) is 0 Å². The van der Waals surface area contributed by atoms with Gasteiger partial charge in [-0.05, 0) is 0 Å². The fourth-order valence-corrected chi connectivity index (χ4v) is 1.90. The number of carboxylic acid groups (broad SMARTS) is 1. The zero-order valence-corrected chi connectivity index (χ0v) is 9.79. The van der Waals surface area contributed by atoms with Crippen LogP contribution in [0.5, 0.6) is 0 Å². The van der Waals surface area contributed by atoms with E-state index in [2.05, 4.69) is 0 Å². The molecule has 0 saturated heterocycles. The Morgan fingerprint density at radius 2 is 2.06 bits per heavy atom. The lowest BCUT2D eigenvalue weighted by molar-refractivity contribution is -0.137. The lowest BCUT2D eigenvalue weighted by Crippen LogP contribution is -2.32. The van der Waals surface area contributed by atoms with Gasteiger partial charge < -0.3 is 5.11 Å². The van der Waals surface area contributed by atoms with Crippen LogP contribution in [0.2, 0.25) is 0 Å². The topological polar surface area (TPSA) is 126 Å². The molecule has 1 aromatic heterocycles. The van der Waals surface area contributed by atoms with Gasteiger partial charge in [-0.15, -0.1) is 0 Å². The molecule has 0 aromatic carbocycles. The summed E-state index contributed by atoms with van der Waals surface area (Å²) in [5.74, 6) is -1.17. The molecule has 0 radical (unpaired) electrons. The summed E-state index contributed by atoms with van der Waals surface area (Å²) in [5, 5.41) is 8.42. The maximum atomic E-state index is 11.2. The van der Waals surface area contributed by atoms with Gasteiger partial charge in [0.05, 0.1) is 6.42 Å². The Balaban J connectivity index is 3.30. The Morgan fingerprint density at radius 3 is 2.53 bits per heavy atom. The van der Waals surface area contributed by atoms with Crippen LogP contribution in [0.25, 0.3) is 0 Å². The Hall–Kier alpha value is -1.61. The lowest BCUT2D eigenvalue weighted by atomic mass is 10.4. The lowest BCUT2D eigenvalue weighted by Gasteiger charge is -2.03. The third-order valence-electron chi connectivity index (χ3n) is 1.81. The van der Waals surface area contributed by atoms with Crippen LogP contribution in [0.3, 0.4) is 0 Å². The van der Waals surface area contributed by atoms with Gasteiger partial charge in [-0.25, -0.2) is 13.2 Å². The van der Waals surface area contributed by atoms with Gasteiger partial charge in [-0.3, -0.25) is 19.1 Å². The standard InChI is InChI=1S/C7H7ClN2O6S/c8-17(15,16)4-3-10(2-1-5(11)12)7(14)9-6(4)13/h3H,1-2H2,(H,11,12)(H,9,13,14). The number of carbonyl (C=O) groups is 1. The molecule has 0 amide bonds. The number of aromatic amines is 1. The normalized spacial score (nSPS) is 11.4. The molecule has 0 fully saturated rings. The van der Waals surface area contributed by atoms with Gasteiger partial charge in [-0.2, -0.15) is 0 Å². The Bertz CT molecular complexity index is 658. The number of hydrogen-bond acceptors (Lipinski definition) is 5. The van der Waals surface area contributed by atoms with Gasteiger partial charge in [0, 0.05) is 23.4 Å². The molecule has 94 valence electrons. The van der Waals surface area contributed by atoms with Crippen molar-refractivity contribution in [1.29, 1.82) is 0 Å². The quantitative estimate of drug-likeness (QED) is 0.678. The molecule has 17 heavy (non-hydrogen) atoms. The first kappa shape index (κ1) is 13.5. The summed E-state index contributed by atoms with van der Waals surface area (Å²) in [7, 11) is 0.681. The molecule has 0 aliphatic rings. The molecular formula is C7H7ClN2O6S. The van der Waals surface area contributed by atoms with Crippen molar-refractivity contribution in [3.8, 4) is 0 Å². The van der Waals surface area contributed by atoms with E-state index < -0.39 is 37.6 Å². The van der Waals surface area contributed by atoms with E-state index in [9.17, 15) is 22.8 Å². The van der Waals surface area contributed by atoms with E-state index >= 15 is 0 Å². The number of aromatic nitrogens is 2. The summed E-state index contributed by atoms with van der Waals surface area (Å²) in [4.78, 5) is 33.6. The SMILES string of the molecule is O=C(O)CCn1cc(S(=O)(=O)Cl)c(=O)[nH]c1=O. The maximum absolute atomic E-state index is 11.2. The number of halogens is 1. The average molecular weight is 283 g/mol. The highest BCUT2D eigenvalue weighted by molar-refractivity contribution is 8.13. The van der Waals surface area contributed by atoms with Crippen molar-refractivity contribution in [1.82, 2.24) is 9.55 Å². The van der Waals surface area contributed by atoms with Gasteiger partial charge in [0.15, 0.2) is 4.90 Å². The minimum Gasteiger partial charge on any atom is -0.481 e. The summed E-state index contributed by atoms with van der Waals surface area (Å²) < 4.78 is 22.7. The molecule has 8 nitrogen and oxygen atoms in total. The Labute approximate surface area is 98.9 Å². The highest BCUT2D eigenvalue weighted by atomic mass is 35.7. The predicted molar refractivity (Wildman–Crippen MR) is 56.6 cm³/mol. The second-order valence-electron chi connectivity index (χ2n) is 3.03. The molecule has 2 N–H and O–H groups in total. The second-order valence-corrected chi connectivity index (χ2v) is 5.56. The fraction of sp³-hybridized carbons (Fsp3) is 0.286. The van der Waals surface area contributed by atoms with Crippen LogP contribution in [0.15, 0.2) is 20.7 Å². The number of H-pyrrole nitrogens is 1. The van der Waals surface area contributed by atoms with Crippen LogP contribution in [0, 0.1) is 0 Å². The highest BCUT2D eigenvalue weighted by Crippen LogP contribution is 2.07. The monoisotopic (exact) mass is 282 g/mol. The fourth-order valence-electron chi connectivity index (χ4n) is 1.05. The predicted octanol–water partition coefficient (Wildman–Crippen LogP) is -1.06. The van der Waals surface area contributed by atoms with Crippen molar-refractivity contribution >= 4 is 25.7 Å². The first-order valence-corrected chi connectivity index (χ1v) is 6.53. The minimum atomic E-state index is -4.29. The molecule has 0 aliphatic carbocycles. The third kappa shape index (κ3) is 3.43. The molecule has 0 saturated carbocycles. The molecule has 0 atom stereocenters. The zero-order valence-electron chi connectivity index (χ0n) is 8.21. The van der Waals surface area contributed by atoms with Gasteiger partial charge in [0.1, 0.15) is 0 Å². The van der Waals surface area contributed by atoms with E-state index in [1.165, 1.54) is 0 Å². The van der Waals surface area contributed by atoms with E-state index in [-0.39, 0.29) is 6.54 Å². The van der Waals surface area contributed by atoms with Crippen LogP contribution in [0.1, 0.15) is 6.42 Å². The van der Waals surface area contributed by atoms with Crippen molar-refractivity contribution in [3.63, 3.8) is 0 Å². The number of rotatable bonds is 4. The number of hydrogen-bond donors (Lipinski definition) is 2. The second kappa shape index (κ2) is 4.72. The van der Waals surface area contributed by atoms with Crippen LogP contribution in [-0.4, -0.2) is 29.0 Å². The molecule has 0 bridgehead atoms. The van der Waals surface area contributed by atoms with Crippen molar-refractivity contribution in [2.75, 3.05) is 0 Å². The van der Waals surface area contributed by atoms with Crippen LogP contribution >= 0.6 is 10.7 Å².